The molecule has 122 valence electrons. The van der Waals surface area contributed by atoms with Crippen LogP contribution >= 0.6 is 0 Å². The van der Waals surface area contributed by atoms with E-state index in [1.54, 1.807) is 0 Å². The van der Waals surface area contributed by atoms with Crippen LogP contribution in [0.2, 0.25) is 0 Å². The van der Waals surface area contributed by atoms with Gasteiger partial charge in [0.1, 0.15) is 12.2 Å². The van der Waals surface area contributed by atoms with Gasteiger partial charge in [-0.2, -0.15) is 0 Å². The molecule has 1 aliphatic rings. The van der Waals surface area contributed by atoms with Gasteiger partial charge in [-0.1, -0.05) is 18.2 Å². The number of hydrogen-bond acceptors (Lipinski definition) is 5. The average molecular weight is 319 g/mol. The minimum atomic E-state index is -0.740. The fraction of sp³-hybridized carbons (Fsp3) is 0.267. The zero-order valence-electron chi connectivity index (χ0n) is 12.8. The van der Waals surface area contributed by atoms with Crippen molar-refractivity contribution in [3.63, 3.8) is 0 Å². The number of carbonyl (C=O) groups excluding carboxylic acids is 5. The van der Waals surface area contributed by atoms with Gasteiger partial charge in [-0.25, -0.2) is 4.79 Å². The number of amides is 5. The summed E-state index contributed by atoms with van der Waals surface area (Å²) in [4.78, 5) is 52.7. The number of nitrogens with one attached hydrogen (secondary N) is 3. The number of carbonyl (C=O) groups is 5. The molecule has 1 saturated heterocycles. The molecule has 3 N–H and O–H groups in total. The number of anilines is 1. The van der Waals surface area contributed by atoms with E-state index in [2.05, 4.69) is 5.32 Å². The molecule has 1 heterocycles. The Bertz CT molecular complexity index is 609. The lowest BCUT2D eigenvalue weighted by molar-refractivity contribution is -0.130. The molecule has 0 spiro atoms. The number of barbiturate groups is 1. The van der Waals surface area contributed by atoms with E-state index in [9.17, 15) is 24.0 Å². The number of Topliss-reactive ketones (excluding diaryl/α,β-unsaturated/α-hetero) is 1. The van der Waals surface area contributed by atoms with Crippen molar-refractivity contribution < 1.29 is 24.0 Å². The van der Waals surface area contributed by atoms with E-state index in [-0.39, 0.29) is 24.5 Å². The molecule has 1 fully saturated rings. The van der Waals surface area contributed by atoms with Crippen molar-refractivity contribution in [3.8, 4) is 0 Å². The van der Waals surface area contributed by atoms with Gasteiger partial charge in [-0.15, -0.1) is 0 Å². The first-order chi connectivity index (χ1) is 10.8. The molecule has 23 heavy (non-hydrogen) atoms. The summed E-state index contributed by atoms with van der Waals surface area (Å²) in [7, 11) is 0. The standard InChI is InChI=1S/C11H13NO2.C4H4N2O3/c1-8-5-3-4-6-10(8)12-11(14)7-9(2)13;7-2-1-3(8)6-4(9)5-2/h3-6H,7H2,1-2H3,(H,12,14);1H2,(H2,5,6,7,8,9). The van der Waals surface area contributed by atoms with Crippen molar-refractivity contribution in [2.45, 2.75) is 26.7 Å². The summed E-state index contributed by atoms with van der Waals surface area (Å²) in [6, 6.07) is 6.72. The lowest BCUT2D eigenvalue weighted by Crippen LogP contribution is -2.49. The molecule has 1 aliphatic heterocycles. The van der Waals surface area contributed by atoms with Gasteiger partial charge in [-0.05, 0) is 25.5 Å². The van der Waals surface area contributed by atoms with Crippen LogP contribution in [0.4, 0.5) is 10.5 Å². The summed E-state index contributed by atoms with van der Waals surface area (Å²) >= 11 is 0. The molecule has 0 saturated carbocycles. The van der Waals surface area contributed by atoms with Gasteiger partial charge in [-0.3, -0.25) is 29.8 Å². The highest BCUT2D eigenvalue weighted by atomic mass is 16.2. The molecule has 0 unspecified atom stereocenters. The van der Waals surface area contributed by atoms with E-state index in [4.69, 9.17) is 0 Å². The molecule has 0 radical (unpaired) electrons. The van der Waals surface area contributed by atoms with Crippen LogP contribution in [-0.4, -0.2) is 29.5 Å². The second-order valence-electron chi connectivity index (χ2n) is 4.84. The number of para-hydroxylation sites is 1. The molecule has 0 aliphatic carbocycles. The number of hydrogen-bond donors (Lipinski definition) is 3. The third-order valence-corrected chi connectivity index (χ3v) is 2.66. The lowest BCUT2D eigenvalue weighted by atomic mass is 10.2. The Kier molecular flexibility index (Phi) is 6.60. The molecule has 8 heteroatoms. The van der Waals surface area contributed by atoms with Gasteiger partial charge in [0.25, 0.3) is 0 Å². The minimum absolute atomic E-state index is 0.0612. The van der Waals surface area contributed by atoms with Gasteiger partial charge < -0.3 is 5.32 Å². The molecule has 0 aromatic heterocycles. The molecule has 0 bridgehead atoms. The first kappa shape index (κ1) is 18.0. The molecular weight excluding hydrogens is 302 g/mol. The SMILES string of the molecule is CC(=O)CC(=O)Nc1ccccc1C.O=C1CC(=O)NC(=O)N1. The monoisotopic (exact) mass is 319 g/mol. The maximum absolute atomic E-state index is 11.2. The van der Waals surface area contributed by atoms with Crippen molar-refractivity contribution in [2.75, 3.05) is 5.32 Å². The van der Waals surface area contributed by atoms with Crippen molar-refractivity contribution in [2.24, 2.45) is 0 Å². The smallest absolute Gasteiger partial charge is 0.325 e. The molecule has 8 nitrogen and oxygen atoms in total. The number of rotatable bonds is 3. The van der Waals surface area contributed by atoms with Gasteiger partial charge in [0, 0.05) is 5.69 Å². The van der Waals surface area contributed by atoms with Crippen LogP contribution in [-0.2, 0) is 19.2 Å². The Morgan fingerprint density at radius 3 is 2.13 bits per heavy atom. The number of benzene rings is 1. The summed E-state index contributed by atoms with van der Waals surface area (Å²) in [5, 5.41) is 6.48. The quantitative estimate of drug-likeness (QED) is 0.706. The van der Waals surface area contributed by atoms with Crippen LogP contribution in [0.25, 0.3) is 0 Å². The summed E-state index contributed by atoms with van der Waals surface area (Å²) in [5.41, 5.74) is 1.75. The summed E-state index contributed by atoms with van der Waals surface area (Å²) in [5.74, 6) is -1.49. The summed E-state index contributed by atoms with van der Waals surface area (Å²) in [6.45, 7) is 3.31. The van der Waals surface area contributed by atoms with E-state index < -0.39 is 17.8 Å². The van der Waals surface area contributed by atoms with Crippen LogP contribution in [0, 0.1) is 6.92 Å². The third kappa shape index (κ3) is 6.98. The van der Waals surface area contributed by atoms with Gasteiger partial charge in [0.05, 0.1) is 6.42 Å². The predicted octanol–water partition coefficient (Wildman–Crippen LogP) is 0.655. The average Bonchev–Trinajstić information content (AvgIpc) is 2.39. The van der Waals surface area contributed by atoms with Crippen molar-refractivity contribution in [1.82, 2.24) is 10.6 Å². The predicted molar refractivity (Wildman–Crippen MR) is 81.4 cm³/mol. The zero-order chi connectivity index (χ0) is 17.4. The number of imide groups is 2. The van der Waals surface area contributed by atoms with Gasteiger partial charge in [0.2, 0.25) is 17.7 Å². The molecule has 1 aromatic carbocycles. The van der Waals surface area contributed by atoms with Crippen LogP contribution in [0.1, 0.15) is 25.3 Å². The van der Waals surface area contributed by atoms with E-state index in [0.29, 0.717) is 0 Å². The molecular formula is C15H17N3O5. The van der Waals surface area contributed by atoms with E-state index in [0.717, 1.165) is 11.3 Å². The van der Waals surface area contributed by atoms with Crippen molar-refractivity contribution >= 4 is 35.2 Å². The minimum Gasteiger partial charge on any atom is -0.325 e. The van der Waals surface area contributed by atoms with Crippen LogP contribution in [0.5, 0.6) is 0 Å². The van der Waals surface area contributed by atoms with Crippen LogP contribution in [0.15, 0.2) is 24.3 Å². The Morgan fingerprint density at radius 2 is 1.65 bits per heavy atom. The van der Waals surface area contributed by atoms with E-state index >= 15 is 0 Å². The normalized spacial score (nSPS) is 13.2. The fourth-order valence-corrected chi connectivity index (χ4v) is 1.65. The second kappa shape index (κ2) is 8.42. The largest absolute Gasteiger partial charge is 0.328 e. The third-order valence-electron chi connectivity index (χ3n) is 2.66. The first-order valence-corrected chi connectivity index (χ1v) is 6.76. The van der Waals surface area contributed by atoms with Gasteiger partial charge >= 0.3 is 6.03 Å². The maximum atomic E-state index is 11.2. The number of ketones is 1. The van der Waals surface area contributed by atoms with E-state index in [1.807, 2.05) is 41.8 Å². The molecule has 0 atom stereocenters. The van der Waals surface area contributed by atoms with Crippen molar-refractivity contribution in [1.29, 1.82) is 0 Å². The first-order valence-electron chi connectivity index (χ1n) is 6.76. The van der Waals surface area contributed by atoms with Crippen LogP contribution < -0.4 is 16.0 Å². The summed E-state index contributed by atoms with van der Waals surface area (Å²) < 4.78 is 0. The second-order valence-corrected chi connectivity index (χ2v) is 4.84. The van der Waals surface area contributed by atoms with Crippen LogP contribution in [0.3, 0.4) is 0 Å². The van der Waals surface area contributed by atoms with E-state index in [1.165, 1.54) is 6.92 Å². The Balaban J connectivity index is 0.000000253. The molecule has 1 aromatic rings. The van der Waals surface area contributed by atoms with Gasteiger partial charge in [0.15, 0.2) is 0 Å². The summed E-state index contributed by atoms with van der Waals surface area (Å²) in [6.07, 6.45) is -0.319. The maximum Gasteiger partial charge on any atom is 0.328 e. The lowest BCUT2D eigenvalue weighted by Gasteiger charge is -2.09. The number of aryl methyl sites for hydroxylation is 1. The molecule has 2 rings (SSSR count). The fourth-order valence-electron chi connectivity index (χ4n) is 1.65. The highest BCUT2D eigenvalue weighted by Crippen LogP contribution is 2.13. The number of urea groups is 1. The highest BCUT2D eigenvalue weighted by Gasteiger charge is 2.20. The Morgan fingerprint density at radius 1 is 1.09 bits per heavy atom. The molecule has 5 amide bonds. The highest BCUT2D eigenvalue weighted by molar-refractivity contribution is 6.14. The Hall–Kier alpha value is -3.03. The zero-order valence-corrected chi connectivity index (χ0v) is 12.8. The van der Waals surface area contributed by atoms with Crippen molar-refractivity contribution in [3.05, 3.63) is 29.8 Å². The topological polar surface area (TPSA) is 121 Å². The Labute approximate surface area is 132 Å².